The van der Waals surface area contributed by atoms with Crippen molar-refractivity contribution in [2.24, 2.45) is 0 Å². The van der Waals surface area contributed by atoms with Crippen LogP contribution >= 0.6 is 0 Å². The number of carbonyl (C=O) groups excluding carboxylic acids is 1. The summed E-state index contributed by atoms with van der Waals surface area (Å²) in [5, 5.41) is 8.22. The minimum absolute atomic E-state index is 0.0929. The van der Waals surface area contributed by atoms with Crippen LogP contribution in [0.5, 0.6) is 0 Å². The molecule has 0 saturated carbocycles. The number of para-hydroxylation sites is 1. The summed E-state index contributed by atoms with van der Waals surface area (Å²) < 4.78 is 1.63. The molecule has 1 amide bonds. The highest BCUT2D eigenvalue weighted by molar-refractivity contribution is 5.92. The molecule has 8 nitrogen and oxygen atoms in total. The largest absolute Gasteiger partial charge is 0.368 e. The van der Waals surface area contributed by atoms with E-state index in [1.807, 2.05) is 37.3 Å². The smallest absolute Gasteiger partial charge is 0.246 e. The Morgan fingerprint density at radius 3 is 2.53 bits per heavy atom. The number of aromatic nitrogens is 4. The lowest BCUT2D eigenvalue weighted by molar-refractivity contribution is -0.116. The van der Waals surface area contributed by atoms with E-state index in [2.05, 4.69) is 54.4 Å². The number of fused-ring (bicyclic) bond motifs is 1. The predicted molar refractivity (Wildman–Crippen MR) is 126 cm³/mol. The molecule has 5 rings (SSSR count). The topological polar surface area (TPSA) is 79.2 Å². The fraction of sp³-hybridized carbons (Fsp3) is 0.250. The lowest BCUT2D eigenvalue weighted by atomic mass is 10.2. The molecule has 8 heteroatoms. The van der Waals surface area contributed by atoms with Gasteiger partial charge in [0.15, 0.2) is 5.65 Å². The van der Waals surface area contributed by atoms with E-state index in [9.17, 15) is 4.79 Å². The third-order valence-electron chi connectivity index (χ3n) is 5.71. The minimum atomic E-state index is -0.141. The number of hydrogen-bond donors (Lipinski definition) is 1. The van der Waals surface area contributed by atoms with Gasteiger partial charge in [0.25, 0.3) is 0 Å². The molecule has 1 N–H and O–H groups in total. The monoisotopic (exact) mass is 427 g/mol. The molecule has 3 heterocycles. The first-order valence-electron chi connectivity index (χ1n) is 10.8. The van der Waals surface area contributed by atoms with Gasteiger partial charge in [0, 0.05) is 37.6 Å². The standard InChI is InChI=1S/C24H25N7O/c1-18-6-5-7-19(14-18)28-22(32)16-31-24-21(15-27-31)23(25-17-26-24)30-12-10-29(11-13-30)20-8-3-2-4-9-20/h2-9,14-15,17H,10-13,16H2,1H3,(H,28,32). The van der Waals surface area contributed by atoms with E-state index in [4.69, 9.17) is 0 Å². The van der Waals surface area contributed by atoms with Gasteiger partial charge in [0.2, 0.25) is 5.91 Å². The Morgan fingerprint density at radius 2 is 1.75 bits per heavy atom. The molecule has 0 radical (unpaired) electrons. The van der Waals surface area contributed by atoms with E-state index < -0.39 is 0 Å². The number of hydrogen-bond acceptors (Lipinski definition) is 6. The Morgan fingerprint density at radius 1 is 0.969 bits per heavy atom. The summed E-state index contributed by atoms with van der Waals surface area (Å²) in [5.74, 6) is 0.727. The van der Waals surface area contributed by atoms with Crippen LogP contribution in [0, 0.1) is 6.92 Å². The molecule has 0 atom stereocenters. The summed E-state index contributed by atoms with van der Waals surface area (Å²) >= 11 is 0. The van der Waals surface area contributed by atoms with Crippen LogP contribution in [0.1, 0.15) is 5.56 Å². The molecule has 1 saturated heterocycles. The molecule has 2 aromatic carbocycles. The van der Waals surface area contributed by atoms with Gasteiger partial charge in [0.1, 0.15) is 18.7 Å². The van der Waals surface area contributed by atoms with Crippen molar-refractivity contribution in [3.8, 4) is 0 Å². The zero-order valence-corrected chi connectivity index (χ0v) is 18.0. The normalized spacial score (nSPS) is 14.0. The Hall–Kier alpha value is -3.94. The first-order valence-corrected chi connectivity index (χ1v) is 10.8. The van der Waals surface area contributed by atoms with Crippen molar-refractivity contribution in [2.45, 2.75) is 13.5 Å². The van der Waals surface area contributed by atoms with Crippen LogP contribution in [0.3, 0.4) is 0 Å². The van der Waals surface area contributed by atoms with Crippen LogP contribution in [0.2, 0.25) is 0 Å². The third-order valence-corrected chi connectivity index (χ3v) is 5.71. The van der Waals surface area contributed by atoms with E-state index in [0.29, 0.717) is 5.65 Å². The number of anilines is 3. The Labute approximate surface area is 186 Å². The minimum Gasteiger partial charge on any atom is -0.368 e. The lowest BCUT2D eigenvalue weighted by Gasteiger charge is -2.36. The van der Waals surface area contributed by atoms with Crippen molar-refractivity contribution in [2.75, 3.05) is 41.3 Å². The summed E-state index contributed by atoms with van der Waals surface area (Å²) in [6, 6.07) is 18.2. The van der Waals surface area contributed by atoms with Crippen molar-refractivity contribution in [3.63, 3.8) is 0 Å². The molecule has 162 valence electrons. The summed E-state index contributed by atoms with van der Waals surface area (Å²) in [4.78, 5) is 26.2. The Balaban J connectivity index is 1.30. The zero-order chi connectivity index (χ0) is 21.9. The first kappa shape index (κ1) is 20.0. The number of rotatable bonds is 5. The van der Waals surface area contributed by atoms with Gasteiger partial charge in [-0.3, -0.25) is 4.79 Å². The molecule has 0 bridgehead atoms. The number of amides is 1. The van der Waals surface area contributed by atoms with Gasteiger partial charge < -0.3 is 15.1 Å². The van der Waals surface area contributed by atoms with Crippen molar-refractivity contribution in [1.29, 1.82) is 0 Å². The van der Waals surface area contributed by atoms with Gasteiger partial charge in [-0.1, -0.05) is 30.3 Å². The van der Waals surface area contributed by atoms with E-state index in [0.717, 1.165) is 48.6 Å². The second kappa shape index (κ2) is 8.66. The van der Waals surface area contributed by atoms with E-state index in [-0.39, 0.29) is 12.5 Å². The molecule has 1 fully saturated rings. The first-order chi connectivity index (χ1) is 15.7. The summed E-state index contributed by atoms with van der Waals surface area (Å²) in [6.45, 7) is 5.65. The lowest BCUT2D eigenvalue weighted by Crippen LogP contribution is -2.46. The SMILES string of the molecule is Cc1cccc(NC(=O)Cn2ncc3c(N4CCN(c5ccccc5)CC4)ncnc32)c1. The van der Waals surface area contributed by atoms with Gasteiger partial charge in [-0.05, 0) is 36.8 Å². The van der Waals surface area contributed by atoms with Gasteiger partial charge in [0.05, 0.1) is 11.6 Å². The zero-order valence-electron chi connectivity index (χ0n) is 18.0. The van der Waals surface area contributed by atoms with Crippen molar-refractivity contribution in [1.82, 2.24) is 19.7 Å². The molecule has 0 unspecified atom stereocenters. The molecule has 1 aliphatic heterocycles. The van der Waals surface area contributed by atoms with Gasteiger partial charge >= 0.3 is 0 Å². The Kier molecular flexibility index (Phi) is 5.41. The number of piperazine rings is 1. The molecule has 1 aliphatic rings. The second-order valence-corrected chi connectivity index (χ2v) is 7.96. The van der Waals surface area contributed by atoms with E-state index in [1.54, 1.807) is 17.2 Å². The maximum Gasteiger partial charge on any atom is 0.246 e. The molecule has 32 heavy (non-hydrogen) atoms. The second-order valence-electron chi connectivity index (χ2n) is 7.96. The molecule has 0 spiro atoms. The van der Waals surface area contributed by atoms with Gasteiger partial charge in [-0.15, -0.1) is 0 Å². The number of carbonyl (C=O) groups is 1. The van der Waals surface area contributed by atoms with E-state index in [1.165, 1.54) is 5.69 Å². The maximum atomic E-state index is 12.6. The predicted octanol–water partition coefficient (Wildman–Crippen LogP) is 3.10. The van der Waals surface area contributed by atoms with Crippen molar-refractivity contribution >= 4 is 34.1 Å². The highest BCUT2D eigenvalue weighted by Crippen LogP contribution is 2.25. The summed E-state index contributed by atoms with van der Waals surface area (Å²) in [5.41, 5.74) is 3.78. The van der Waals surface area contributed by atoms with Crippen LogP contribution in [0.4, 0.5) is 17.2 Å². The fourth-order valence-corrected chi connectivity index (χ4v) is 4.12. The number of nitrogens with zero attached hydrogens (tertiary/aromatic N) is 6. The van der Waals surface area contributed by atoms with Crippen LogP contribution < -0.4 is 15.1 Å². The van der Waals surface area contributed by atoms with E-state index >= 15 is 0 Å². The van der Waals surface area contributed by atoms with Crippen molar-refractivity contribution in [3.05, 3.63) is 72.7 Å². The number of nitrogens with one attached hydrogen (secondary N) is 1. The van der Waals surface area contributed by atoms with Gasteiger partial charge in [-0.25, -0.2) is 14.6 Å². The fourth-order valence-electron chi connectivity index (χ4n) is 4.12. The summed E-state index contributed by atoms with van der Waals surface area (Å²) in [7, 11) is 0. The molecule has 0 aliphatic carbocycles. The highest BCUT2D eigenvalue weighted by Gasteiger charge is 2.22. The molecule has 2 aromatic heterocycles. The maximum absolute atomic E-state index is 12.6. The average molecular weight is 428 g/mol. The van der Waals surface area contributed by atoms with Crippen LogP contribution in [-0.4, -0.2) is 51.8 Å². The van der Waals surface area contributed by atoms with Crippen LogP contribution in [-0.2, 0) is 11.3 Å². The molecular formula is C24H25N7O. The summed E-state index contributed by atoms with van der Waals surface area (Å²) in [6.07, 6.45) is 3.31. The molecule has 4 aromatic rings. The van der Waals surface area contributed by atoms with Crippen LogP contribution in [0.25, 0.3) is 11.0 Å². The third kappa shape index (κ3) is 4.12. The van der Waals surface area contributed by atoms with Crippen LogP contribution in [0.15, 0.2) is 67.1 Å². The average Bonchev–Trinajstić information content (AvgIpc) is 3.22. The van der Waals surface area contributed by atoms with Crippen molar-refractivity contribution < 1.29 is 4.79 Å². The van der Waals surface area contributed by atoms with Gasteiger partial charge in [-0.2, -0.15) is 5.10 Å². The quantitative estimate of drug-likeness (QED) is 0.527. The number of aryl methyl sites for hydroxylation is 1. The molecular weight excluding hydrogens is 402 g/mol. The highest BCUT2D eigenvalue weighted by atomic mass is 16.2. The number of benzene rings is 2. The Bertz CT molecular complexity index is 1230.